The number of hydrogen-bond acceptors (Lipinski definition) is 5. The lowest BCUT2D eigenvalue weighted by Gasteiger charge is -2.12. The smallest absolute Gasteiger partial charge is 0.270 e. The zero-order valence-corrected chi connectivity index (χ0v) is 14.9. The molecule has 0 aliphatic carbocycles. The fraction of sp³-hybridized carbons (Fsp3) is 0.222. The van der Waals surface area contributed by atoms with E-state index in [9.17, 15) is 9.18 Å². The number of carbonyl (C=O) groups is 1. The number of aryl methyl sites for hydroxylation is 1. The Morgan fingerprint density at radius 2 is 2.12 bits per heavy atom. The molecular weight excluding hydrogens is 359 g/mol. The van der Waals surface area contributed by atoms with Gasteiger partial charge >= 0.3 is 0 Å². The van der Waals surface area contributed by atoms with E-state index < -0.39 is 5.82 Å². The largest absolute Gasteiger partial charge is 0.348 e. The molecule has 1 unspecified atom stereocenters. The summed E-state index contributed by atoms with van der Waals surface area (Å²) in [5, 5.41) is 6.92. The van der Waals surface area contributed by atoms with Crippen molar-refractivity contribution in [3.8, 4) is 11.3 Å². The third-order valence-corrected chi connectivity index (χ3v) is 3.86. The van der Waals surface area contributed by atoms with Gasteiger partial charge in [0.2, 0.25) is 5.89 Å². The van der Waals surface area contributed by atoms with Crippen LogP contribution in [0, 0.1) is 12.7 Å². The fourth-order valence-corrected chi connectivity index (χ4v) is 2.61. The predicted octanol–water partition coefficient (Wildman–Crippen LogP) is 3.59. The normalized spacial score (nSPS) is 12.0. The number of nitrogens with one attached hydrogen (secondary N) is 1. The summed E-state index contributed by atoms with van der Waals surface area (Å²) in [6, 6.07) is 8.94. The van der Waals surface area contributed by atoms with Crippen molar-refractivity contribution < 1.29 is 13.7 Å². The number of pyridine rings is 1. The Balaban J connectivity index is 1.73. The van der Waals surface area contributed by atoms with Gasteiger partial charge < -0.3 is 9.84 Å². The Morgan fingerprint density at radius 3 is 2.81 bits per heavy atom. The predicted molar refractivity (Wildman–Crippen MR) is 94.3 cm³/mol. The molecule has 0 fully saturated rings. The van der Waals surface area contributed by atoms with Gasteiger partial charge in [-0.25, -0.2) is 9.37 Å². The first kappa shape index (κ1) is 18.0. The number of benzene rings is 1. The van der Waals surface area contributed by atoms with Crippen LogP contribution in [0.3, 0.4) is 0 Å². The van der Waals surface area contributed by atoms with E-state index in [-0.39, 0.29) is 23.2 Å². The zero-order valence-electron chi connectivity index (χ0n) is 14.2. The number of aromatic nitrogens is 3. The molecule has 0 spiro atoms. The van der Waals surface area contributed by atoms with E-state index in [1.165, 1.54) is 12.1 Å². The van der Waals surface area contributed by atoms with Gasteiger partial charge in [0.1, 0.15) is 11.5 Å². The Morgan fingerprint density at radius 1 is 1.31 bits per heavy atom. The molecule has 2 aromatic heterocycles. The Bertz CT molecular complexity index is 944. The molecule has 6 nitrogen and oxygen atoms in total. The number of amides is 1. The van der Waals surface area contributed by atoms with Crippen LogP contribution in [0.15, 0.2) is 40.9 Å². The average Bonchev–Trinajstić information content (AvgIpc) is 2.99. The van der Waals surface area contributed by atoms with E-state index in [4.69, 9.17) is 16.1 Å². The summed E-state index contributed by atoms with van der Waals surface area (Å²) in [7, 11) is 0. The quantitative estimate of drug-likeness (QED) is 0.738. The highest BCUT2D eigenvalue weighted by Crippen LogP contribution is 2.24. The first-order valence-electron chi connectivity index (χ1n) is 7.95. The molecule has 0 radical (unpaired) electrons. The average molecular weight is 375 g/mol. The van der Waals surface area contributed by atoms with E-state index in [1.54, 1.807) is 31.2 Å². The molecule has 8 heteroatoms. The highest BCUT2D eigenvalue weighted by molar-refractivity contribution is 6.30. The number of halogens is 2. The fourth-order valence-electron chi connectivity index (χ4n) is 2.46. The molecule has 0 bridgehead atoms. The molecule has 1 amide bonds. The highest BCUT2D eigenvalue weighted by Gasteiger charge is 2.15. The summed E-state index contributed by atoms with van der Waals surface area (Å²) < 4.78 is 19.0. The van der Waals surface area contributed by atoms with Crippen LogP contribution in [0.25, 0.3) is 11.3 Å². The number of hydrogen-bond donors (Lipinski definition) is 1. The molecule has 0 saturated carbocycles. The van der Waals surface area contributed by atoms with Crippen molar-refractivity contribution in [1.82, 2.24) is 20.4 Å². The zero-order chi connectivity index (χ0) is 18.7. The van der Waals surface area contributed by atoms with E-state index in [0.29, 0.717) is 28.9 Å². The lowest BCUT2D eigenvalue weighted by atomic mass is 10.1. The molecule has 0 saturated heterocycles. The standard InChI is InChI=1S/C18H16ClFN4O2/c1-10(8-17-22-11(2)26-24-17)21-18(25)16-5-3-4-15(23-16)13-7-6-12(19)9-14(13)20/h3-7,9-10H,8H2,1-2H3,(H,21,25). The topological polar surface area (TPSA) is 80.9 Å². The first-order chi connectivity index (χ1) is 12.4. The minimum Gasteiger partial charge on any atom is -0.348 e. The molecule has 1 aromatic carbocycles. The van der Waals surface area contributed by atoms with Crippen molar-refractivity contribution in [2.75, 3.05) is 0 Å². The lowest BCUT2D eigenvalue weighted by molar-refractivity contribution is 0.0934. The number of rotatable bonds is 5. The summed E-state index contributed by atoms with van der Waals surface area (Å²) in [4.78, 5) is 20.8. The Hall–Kier alpha value is -2.80. The van der Waals surface area contributed by atoms with Crippen LogP contribution in [0.1, 0.15) is 29.1 Å². The van der Waals surface area contributed by atoms with Gasteiger partial charge in [0.25, 0.3) is 5.91 Å². The van der Waals surface area contributed by atoms with Gasteiger partial charge in [0.15, 0.2) is 5.82 Å². The second-order valence-corrected chi connectivity index (χ2v) is 6.28. The molecule has 3 rings (SSSR count). The van der Waals surface area contributed by atoms with Crippen molar-refractivity contribution in [2.45, 2.75) is 26.3 Å². The molecule has 1 atom stereocenters. The minimum absolute atomic E-state index is 0.188. The van der Waals surface area contributed by atoms with Gasteiger partial charge in [0.05, 0.1) is 5.69 Å². The van der Waals surface area contributed by atoms with Crippen LogP contribution in [0.5, 0.6) is 0 Å². The Kier molecular flexibility index (Phi) is 5.27. The second-order valence-electron chi connectivity index (χ2n) is 5.84. The summed E-state index contributed by atoms with van der Waals surface area (Å²) in [5.74, 6) is 0.121. The molecule has 0 aliphatic heterocycles. The van der Waals surface area contributed by atoms with Gasteiger partial charge in [-0.15, -0.1) is 0 Å². The van der Waals surface area contributed by atoms with E-state index in [0.717, 1.165) is 0 Å². The van der Waals surface area contributed by atoms with Crippen molar-refractivity contribution >= 4 is 17.5 Å². The van der Waals surface area contributed by atoms with Crippen LogP contribution in [-0.2, 0) is 6.42 Å². The minimum atomic E-state index is -0.497. The number of nitrogens with zero attached hydrogens (tertiary/aromatic N) is 3. The second kappa shape index (κ2) is 7.61. The van der Waals surface area contributed by atoms with Gasteiger partial charge in [-0.05, 0) is 37.3 Å². The van der Waals surface area contributed by atoms with E-state index in [1.807, 2.05) is 6.92 Å². The molecular formula is C18H16ClFN4O2. The van der Waals surface area contributed by atoms with Crippen molar-refractivity contribution in [3.63, 3.8) is 0 Å². The van der Waals surface area contributed by atoms with Gasteiger partial charge in [-0.3, -0.25) is 4.79 Å². The van der Waals surface area contributed by atoms with Crippen LogP contribution >= 0.6 is 11.6 Å². The first-order valence-corrected chi connectivity index (χ1v) is 8.32. The molecule has 2 heterocycles. The molecule has 26 heavy (non-hydrogen) atoms. The van der Waals surface area contributed by atoms with E-state index in [2.05, 4.69) is 20.4 Å². The molecule has 1 N–H and O–H groups in total. The van der Waals surface area contributed by atoms with E-state index >= 15 is 0 Å². The van der Waals surface area contributed by atoms with Crippen LogP contribution in [0.4, 0.5) is 4.39 Å². The lowest BCUT2D eigenvalue weighted by Crippen LogP contribution is -2.34. The molecule has 134 valence electrons. The van der Waals surface area contributed by atoms with Gasteiger partial charge in [-0.1, -0.05) is 22.8 Å². The monoisotopic (exact) mass is 374 g/mol. The van der Waals surface area contributed by atoms with Gasteiger partial charge in [-0.2, -0.15) is 4.98 Å². The number of carbonyl (C=O) groups excluding carboxylic acids is 1. The summed E-state index contributed by atoms with van der Waals surface area (Å²) in [5.41, 5.74) is 0.820. The third-order valence-electron chi connectivity index (χ3n) is 3.62. The summed E-state index contributed by atoms with van der Waals surface area (Å²) in [6.45, 7) is 3.53. The maximum atomic E-state index is 14.1. The molecule has 0 aliphatic rings. The maximum absolute atomic E-state index is 14.1. The van der Waals surface area contributed by atoms with Crippen molar-refractivity contribution in [1.29, 1.82) is 0 Å². The van der Waals surface area contributed by atoms with Crippen molar-refractivity contribution in [2.24, 2.45) is 0 Å². The van der Waals surface area contributed by atoms with Crippen LogP contribution < -0.4 is 5.32 Å². The Labute approximate surface area is 154 Å². The van der Waals surface area contributed by atoms with Gasteiger partial charge in [0, 0.05) is 30.0 Å². The summed E-state index contributed by atoms with van der Waals surface area (Å²) in [6.07, 6.45) is 0.425. The summed E-state index contributed by atoms with van der Waals surface area (Å²) >= 11 is 5.77. The SMILES string of the molecule is Cc1nc(CC(C)NC(=O)c2cccc(-c3ccc(Cl)cc3F)n2)no1. The maximum Gasteiger partial charge on any atom is 0.270 e. The highest BCUT2D eigenvalue weighted by atomic mass is 35.5. The molecule has 3 aromatic rings. The van der Waals surface area contributed by atoms with Crippen LogP contribution in [-0.4, -0.2) is 27.1 Å². The van der Waals surface area contributed by atoms with Crippen molar-refractivity contribution in [3.05, 3.63) is 64.6 Å². The van der Waals surface area contributed by atoms with Crippen LogP contribution in [0.2, 0.25) is 5.02 Å². The third kappa shape index (κ3) is 4.23.